The normalized spacial score (nSPS) is 10.5. The number of carbonyl (C=O) groups is 1. The van der Waals surface area contributed by atoms with E-state index in [0.29, 0.717) is 17.7 Å². The Morgan fingerprint density at radius 1 is 1.29 bits per heavy atom. The molecule has 1 heterocycles. The first-order valence-electron chi connectivity index (χ1n) is 5.49. The van der Waals surface area contributed by atoms with Crippen LogP contribution in [0.2, 0.25) is 0 Å². The topological polar surface area (TPSA) is 22.0 Å². The molecular formula is C14H14FNO. The monoisotopic (exact) mass is 231 g/mol. The van der Waals surface area contributed by atoms with Crippen molar-refractivity contribution in [2.75, 3.05) is 0 Å². The molecule has 0 bridgehead atoms. The van der Waals surface area contributed by atoms with Gasteiger partial charge in [0.05, 0.1) is 6.54 Å². The lowest BCUT2D eigenvalue weighted by molar-refractivity contribution is 0.101. The quantitative estimate of drug-likeness (QED) is 0.743. The van der Waals surface area contributed by atoms with Crippen LogP contribution in [-0.2, 0) is 6.54 Å². The highest BCUT2D eigenvalue weighted by Crippen LogP contribution is 2.14. The Bertz CT molecular complexity index is 557. The zero-order valence-corrected chi connectivity index (χ0v) is 9.90. The third-order valence-corrected chi connectivity index (χ3v) is 2.92. The number of halogens is 1. The van der Waals surface area contributed by atoms with Crippen molar-refractivity contribution in [2.45, 2.75) is 20.4 Å². The van der Waals surface area contributed by atoms with Crippen LogP contribution in [0, 0.1) is 12.7 Å². The summed E-state index contributed by atoms with van der Waals surface area (Å²) in [6.45, 7) is 3.86. The molecule has 1 aromatic heterocycles. The fourth-order valence-corrected chi connectivity index (χ4v) is 1.91. The van der Waals surface area contributed by atoms with Crippen molar-refractivity contribution in [1.29, 1.82) is 0 Å². The van der Waals surface area contributed by atoms with Crippen molar-refractivity contribution in [3.63, 3.8) is 0 Å². The van der Waals surface area contributed by atoms with E-state index in [1.807, 2.05) is 23.8 Å². The lowest BCUT2D eigenvalue weighted by atomic mass is 10.2. The van der Waals surface area contributed by atoms with Crippen LogP contribution in [0.15, 0.2) is 36.5 Å². The number of carbonyl (C=O) groups excluding carboxylic acids is 1. The van der Waals surface area contributed by atoms with E-state index in [4.69, 9.17) is 0 Å². The number of rotatable bonds is 3. The summed E-state index contributed by atoms with van der Waals surface area (Å²) in [7, 11) is 0. The minimum absolute atomic E-state index is 0.0368. The van der Waals surface area contributed by atoms with Crippen LogP contribution in [0.1, 0.15) is 28.5 Å². The molecule has 0 unspecified atom stereocenters. The maximum atomic E-state index is 13.5. The molecule has 88 valence electrons. The standard InChI is InChI=1S/C14H14FNO/c1-10-13(11(2)17)7-8-16(10)9-12-5-3-4-6-14(12)15/h3-8H,9H2,1-2H3. The van der Waals surface area contributed by atoms with E-state index in [0.717, 1.165) is 5.69 Å². The number of Topliss-reactive ketones (excluding diaryl/α,β-unsaturated/α-hetero) is 1. The summed E-state index contributed by atoms with van der Waals surface area (Å²) < 4.78 is 15.4. The summed E-state index contributed by atoms with van der Waals surface area (Å²) in [4.78, 5) is 11.3. The minimum Gasteiger partial charge on any atom is -0.347 e. The van der Waals surface area contributed by atoms with Crippen LogP contribution in [0.5, 0.6) is 0 Å². The van der Waals surface area contributed by atoms with Crippen molar-refractivity contribution in [3.05, 3.63) is 59.2 Å². The molecule has 0 amide bonds. The van der Waals surface area contributed by atoms with E-state index < -0.39 is 0 Å². The van der Waals surface area contributed by atoms with Gasteiger partial charge in [0.25, 0.3) is 0 Å². The van der Waals surface area contributed by atoms with Gasteiger partial charge in [-0.15, -0.1) is 0 Å². The van der Waals surface area contributed by atoms with Gasteiger partial charge in [0.15, 0.2) is 5.78 Å². The summed E-state index contributed by atoms with van der Waals surface area (Å²) in [5.74, 6) is -0.181. The van der Waals surface area contributed by atoms with Gasteiger partial charge < -0.3 is 4.57 Å². The molecule has 2 rings (SSSR count). The number of ketones is 1. The molecule has 2 nitrogen and oxygen atoms in total. The van der Waals surface area contributed by atoms with Crippen LogP contribution in [0.25, 0.3) is 0 Å². The van der Waals surface area contributed by atoms with Crippen molar-refractivity contribution in [3.8, 4) is 0 Å². The average Bonchev–Trinajstić information content (AvgIpc) is 2.64. The first-order chi connectivity index (χ1) is 8.09. The zero-order valence-electron chi connectivity index (χ0n) is 9.90. The Hall–Kier alpha value is -1.90. The molecule has 0 saturated carbocycles. The molecule has 0 radical (unpaired) electrons. The molecule has 17 heavy (non-hydrogen) atoms. The maximum Gasteiger partial charge on any atom is 0.161 e. The minimum atomic E-state index is -0.218. The molecule has 0 fully saturated rings. The summed E-state index contributed by atoms with van der Waals surface area (Å²) in [6, 6.07) is 8.45. The first kappa shape index (κ1) is 11.6. The molecule has 0 atom stereocenters. The fraction of sp³-hybridized carbons (Fsp3) is 0.214. The second kappa shape index (κ2) is 4.53. The van der Waals surface area contributed by atoms with Gasteiger partial charge in [0.1, 0.15) is 5.82 Å². The maximum absolute atomic E-state index is 13.5. The molecule has 0 aliphatic carbocycles. The largest absolute Gasteiger partial charge is 0.347 e. The molecule has 0 aliphatic heterocycles. The molecule has 1 aromatic carbocycles. The van der Waals surface area contributed by atoms with Crippen LogP contribution < -0.4 is 0 Å². The number of hydrogen-bond acceptors (Lipinski definition) is 1. The Morgan fingerprint density at radius 3 is 2.59 bits per heavy atom. The lowest BCUT2D eigenvalue weighted by Gasteiger charge is -2.07. The third-order valence-electron chi connectivity index (χ3n) is 2.92. The molecule has 0 spiro atoms. The van der Waals surface area contributed by atoms with Gasteiger partial charge in [-0.25, -0.2) is 4.39 Å². The van der Waals surface area contributed by atoms with Gasteiger partial charge in [0.2, 0.25) is 0 Å². The van der Waals surface area contributed by atoms with Gasteiger partial charge in [-0.1, -0.05) is 18.2 Å². The molecule has 0 saturated heterocycles. The number of aromatic nitrogens is 1. The van der Waals surface area contributed by atoms with E-state index in [1.54, 1.807) is 18.2 Å². The number of hydrogen-bond donors (Lipinski definition) is 0. The number of nitrogens with zero attached hydrogens (tertiary/aromatic N) is 1. The van der Waals surface area contributed by atoms with Crippen LogP contribution in [-0.4, -0.2) is 10.4 Å². The highest BCUT2D eigenvalue weighted by molar-refractivity contribution is 5.95. The van der Waals surface area contributed by atoms with E-state index in [-0.39, 0.29) is 11.6 Å². The highest BCUT2D eigenvalue weighted by atomic mass is 19.1. The molecular weight excluding hydrogens is 217 g/mol. The average molecular weight is 231 g/mol. The number of benzene rings is 1. The van der Waals surface area contributed by atoms with E-state index in [1.165, 1.54) is 13.0 Å². The van der Waals surface area contributed by atoms with Gasteiger partial charge in [-0.2, -0.15) is 0 Å². The van der Waals surface area contributed by atoms with Crippen LogP contribution >= 0.6 is 0 Å². The zero-order chi connectivity index (χ0) is 12.4. The molecule has 3 heteroatoms. The summed E-state index contributed by atoms with van der Waals surface area (Å²) in [5, 5.41) is 0. The van der Waals surface area contributed by atoms with Crippen molar-refractivity contribution in [2.24, 2.45) is 0 Å². The summed E-state index contributed by atoms with van der Waals surface area (Å²) in [5.41, 5.74) is 2.20. The van der Waals surface area contributed by atoms with Gasteiger partial charge in [-0.05, 0) is 26.0 Å². The van der Waals surface area contributed by atoms with E-state index in [2.05, 4.69) is 0 Å². The van der Waals surface area contributed by atoms with E-state index in [9.17, 15) is 9.18 Å². The van der Waals surface area contributed by atoms with Crippen LogP contribution in [0.4, 0.5) is 4.39 Å². The Labute approximate surface area is 99.7 Å². The predicted octanol–water partition coefficient (Wildman–Crippen LogP) is 3.19. The summed E-state index contributed by atoms with van der Waals surface area (Å²) >= 11 is 0. The van der Waals surface area contributed by atoms with Crippen molar-refractivity contribution < 1.29 is 9.18 Å². The predicted molar refractivity (Wildman–Crippen MR) is 64.7 cm³/mol. The van der Waals surface area contributed by atoms with Crippen molar-refractivity contribution >= 4 is 5.78 Å². The van der Waals surface area contributed by atoms with Crippen LogP contribution in [0.3, 0.4) is 0 Å². The Kier molecular flexibility index (Phi) is 3.09. The SMILES string of the molecule is CC(=O)c1ccn(Cc2ccccc2F)c1C. The summed E-state index contributed by atoms with van der Waals surface area (Å²) in [6.07, 6.45) is 1.82. The molecule has 0 aliphatic rings. The second-order valence-corrected chi connectivity index (χ2v) is 4.09. The Morgan fingerprint density at radius 2 is 2.00 bits per heavy atom. The highest BCUT2D eigenvalue weighted by Gasteiger charge is 2.09. The van der Waals surface area contributed by atoms with Gasteiger partial charge >= 0.3 is 0 Å². The van der Waals surface area contributed by atoms with Crippen molar-refractivity contribution in [1.82, 2.24) is 4.57 Å². The van der Waals surface area contributed by atoms with E-state index >= 15 is 0 Å². The smallest absolute Gasteiger partial charge is 0.161 e. The van der Waals surface area contributed by atoms with Gasteiger partial charge in [0, 0.05) is 23.0 Å². The second-order valence-electron chi connectivity index (χ2n) is 4.09. The molecule has 2 aromatic rings. The lowest BCUT2D eigenvalue weighted by Crippen LogP contribution is -2.04. The molecule has 0 N–H and O–H groups in total. The van der Waals surface area contributed by atoms with Gasteiger partial charge in [-0.3, -0.25) is 4.79 Å². The fourth-order valence-electron chi connectivity index (χ4n) is 1.91. The Balaban J connectivity index is 2.31. The third kappa shape index (κ3) is 2.28. The first-order valence-corrected chi connectivity index (χ1v) is 5.49.